The fraction of sp³-hybridized carbons (Fsp3) is 0.444. The van der Waals surface area contributed by atoms with E-state index in [1.807, 2.05) is 22.6 Å². The average molecular weight is 337 g/mol. The SMILES string of the molecule is COC(=O)C(I)CNC(=O)c1cnn(C)c1. The lowest BCUT2D eigenvalue weighted by Crippen LogP contribution is -2.33. The van der Waals surface area contributed by atoms with Gasteiger partial charge in [0.25, 0.3) is 5.91 Å². The molecule has 1 amide bonds. The van der Waals surface area contributed by atoms with Gasteiger partial charge in [-0.25, -0.2) is 0 Å². The van der Waals surface area contributed by atoms with Gasteiger partial charge in [-0.15, -0.1) is 0 Å². The molecule has 0 aliphatic rings. The Kier molecular flexibility index (Phi) is 4.71. The summed E-state index contributed by atoms with van der Waals surface area (Å²) in [6.07, 6.45) is 3.07. The number of nitrogens with zero attached hydrogens (tertiary/aromatic N) is 2. The Hall–Kier alpha value is -1.12. The van der Waals surface area contributed by atoms with E-state index in [2.05, 4.69) is 15.2 Å². The van der Waals surface area contributed by atoms with Crippen molar-refractivity contribution in [2.24, 2.45) is 7.05 Å². The molecule has 1 aromatic rings. The third kappa shape index (κ3) is 3.47. The second-order valence-corrected chi connectivity index (χ2v) is 4.61. The van der Waals surface area contributed by atoms with Crippen LogP contribution in [0.15, 0.2) is 12.4 Å². The number of rotatable bonds is 4. The van der Waals surface area contributed by atoms with Crippen LogP contribution in [0.25, 0.3) is 0 Å². The van der Waals surface area contributed by atoms with E-state index in [0.717, 1.165) is 0 Å². The number of alkyl halides is 1. The van der Waals surface area contributed by atoms with Crippen LogP contribution in [-0.4, -0.2) is 39.2 Å². The van der Waals surface area contributed by atoms with Crippen molar-refractivity contribution in [2.75, 3.05) is 13.7 Å². The lowest BCUT2D eigenvalue weighted by Gasteiger charge is -2.08. The number of carbonyl (C=O) groups excluding carboxylic acids is 2. The van der Waals surface area contributed by atoms with Crippen LogP contribution in [0.5, 0.6) is 0 Å². The fourth-order valence-electron chi connectivity index (χ4n) is 1.03. The number of hydrogen-bond acceptors (Lipinski definition) is 4. The van der Waals surface area contributed by atoms with E-state index >= 15 is 0 Å². The van der Waals surface area contributed by atoms with Crippen molar-refractivity contribution in [1.82, 2.24) is 15.1 Å². The molecule has 0 aromatic carbocycles. The lowest BCUT2D eigenvalue weighted by atomic mass is 10.3. The summed E-state index contributed by atoms with van der Waals surface area (Å²) < 4.78 is 5.69. The molecule has 1 aromatic heterocycles. The van der Waals surface area contributed by atoms with Gasteiger partial charge in [0.1, 0.15) is 3.92 Å². The number of halogens is 1. The van der Waals surface area contributed by atoms with Gasteiger partial charge in [0.2, 0.25) is 0 Å². The summed E-state index contributed by atoms with van der Waals surface area (Å²) in [5, 5.41) is 6.51. The first kappa shape index (κ1) is 12.9. The number of hydrogen-bond donors (Lipinski definition) is 1. The molecular formula is C9H12IN3O3. The highest BCUT2D eigenvalue weighted by Crippen LogP contribution is 2.02. The van der Waals surface area contributed by atoms with Gasteiger partial charge in [0.15, 0.2) is 0 Å². The zero-order valence-corrected chi connectivity index (χ0v) is 11.1. The van der Waals surface area contributed by atoms with E-state index in [9.17, 15) is 9.59 Å². The van der Waals surface area contributed by atoms with Crippen molar-refractivity contribution in [3.8, 4) is 0 Å². The molecule has 0 radical (unpaired) electrons. The van der Waals surface area contributed by atoms with Gasteiger partial charge < -0.3 is 10.1 Å². The largest absolute Gasteiger partial charge is 0.468 e. The normalized spacial score (nSPS) is 11.9. The number of esters is 1. The molecule has 7 heteroatoms. The summed E-state index contributed by atoms with van der Waals surface area (Å²) >= 11 is 1.92. The maximum Gasteiger partial charge on any atom is 0.320 e. The molecular weight excluding hydrogens is 325 g/mol. The Morgan fingerprint density at radius 2 is 2.38 bits per heavy atom. The van der Waals surface area contributed by atoms with Gasteiger partial charge in [-0.05, 0) is 0 Å². The summed E-state index contributed by atoms with van der Waals surface area (Å²) in [4.78, 5) is 22.6. The zero-order chi connectivity index (χ0) is 12.1. The van der Waals surface area contributed by atoms with Crippen molar-refractivity contribution in [3.05, 3.63) is 18.0 Å². The first-order chi connectivity index (χ1) is 7.54. The van der Waals surface area contributed by atoms with Gasteiger partial charge in [-0.3, -0.25) is 14.3 Å². The molecule has 0 bridgehead atoms. The smallest absolute Gasteiger partial charge is 0.320 e. The summed E-state index contributed by atoms with van der Waals surface area (Å²) in [6.45, 7) is 0.237. The number of aryl methyl sites for hydroxylation is 1. The van der Waals surface area contributed by atoms with Crippen LogP contribution in [0.4, 0.5) is 0 Å². The number of nitrogens with one attached hydrogen (secondary N) is 1. The number of carbonyl (C=O) groups is 2. The molecule has 1 atom stereocenters. The molecule has 0 saturated carbocycles. The topological polar surface area (TPSA) is 73.2 Å². The molecule has 6 nitrogen and oxygen atoms in total. The number of aromatic nitrogens is 2. The second kappa shape index (κ2) is 5.83. The maximum atomic E-state index is 11.6. The Bertz CT molecular complexity index is 391. The third-order valence-corrected chi connectivity index (χ3v) is 2.81. The van der Waals surface area contributed by atoms with Gasteiger partial charge in [-0.1, -0.05) is 22.6 Å². The van der Waals surface area contributed by atoms with Crippen LogP contribution < -0.4 is 5.32 Å². The van der Waals surface area contributed by atoms with E-state index in [1.54, 1.807) is 13.2 Å². The number of amides is 1. The number of ether oxygens (including phenoxy) is 1. The van der Waals surface area contributed by atoms with E-state index in [1.165, 1.54) is 18.0 Å². The van der Waals surface area contributed by atoms with Crippen LogP contribution >= 0.6 is 22.6 Å². The van der Waals surface area contributed by atoms with Crippen molar-refractivity contribution in [3.63, 3.8) is 0 Å². The predicted octanol–water partition coefficient (Wildman–Crippen LogP) is 0.126. The lowest BCUT2D eigenvalue weighted by molar-refractivity contribution is -0.139. The van der Waals surface area contributed by atoms with Crippen LogP contribution in [0.2, 0.25) is 0 Å². The first-order valence-electron chi connectivity index (χ1n) is 4.53. The van der Waals surface area contributed by atoms with Crippen LogP contribution in [-0.2, 0) is 16.6 Å². The molecule has 0 aliphatic heterocycles. The van der Waals surface area contributed by atoms with E-state index < -0.39 is 0 Å². The van der Waals surface area contributed by atoms with Gasteiger partial charge in [-0.2, -0.15) is 5.10 Å². The monoisotopic (exact) mass is 337 g/mol. The molecule has 0 fully saturated rings. The predicted molar refractivity (Wildman–Crippen MR) is 65.4 cm³/mol. The Morgan fingerprint density at radius 3 is 2.88 bits per heavy atom. The molecule has 88 valence electrons. The minimum atomic E-state index is -0.386. The molecule has 0 aliphatic carbocycles. The molecule has 0 saturated heterocycles. The fourth-order valence-corrected chi connectivity index (χ4v) is 1.51. The van der Waals surface area contributed by atoms with Crippen LogP contribution in [0.3, 0.4) is 0 Å². The van der Waals surface area contributed by atoms with Crippen LogP contribution in [0.1, 0.15) is 10.4 Å². The van der Waals surface area contributed by atoms with Crippen LogP contribution in [0, 0.1) is 0 Å². The maximum absolute atomic E-state index is 11.6. The minimum Gasteiger partial charge on any atom is -0.468 e. The molecule has 16 heavy (non-hydrogen) atoms. The Balaban J connectivity index is 2.44. The standard InChI is InChI=1S/C9H12IN3O3/c1-13-5-6(3-12-13)8(14)11-4-7(10)9(15)16-2/h3,5,7H,4H2,1-2H3,(H,11,14). The molecule has 1 N–H and O–H groups in total. The molecule has 0 spiro atoms. The molecule has 1 rings (SSSR count). The first-order valence-corrected chi connectivity index (χ1v) is 5.78. The van der Waals surface area contributed by atoms with E-state index in [-0.39, 0.29) is 22.3 Å². The van der Waals surface area contributed by atoms with E-state index in [0.29, 0.717) is 5.56 Å². The van der Waals surface area contributed by atoms with Crippen molar-refractivity contribution >= 4 is 34.5 Å². The zero-order valence-electron chi connectivity index (χ0n) is 8.94. The summed E-state index contributed by atoms with van der Waals surface area (Å²) in [6, 6.07) is 0. The third-order valence-electron chi connectivity index (χ3n) is 1.87. The highest BCUT2D eigenvalue weighted by atomic mass is 127. The van der Waals surface area contributed by atoms with Crippen molar-refractivity contribution in [2.45, 2.75) is 3.92 Å². The highest BCUT2D eigenvalue weighted by molar-refractivity contribution is 14.1. The quantitative estimate of drug-likeness (QED) is 0.481. The summed E-state index contributed by atoms with van der Waals surface area (Å²) in [5.74, 6) is -0.606. The van der Waals surface area contributed by atoms with Gasteiger partial charge in [0, 0.05) is 19.8 Å². The summed E-state index contributed by atoms with van der Waals surface area (Å²) in [5.41, 5.74) is 0.468. The van der Waals surface area contributed by atoms with E-state index in [4.69, 9.17) is 0 Å². The van der Waals surface area contributed by atoms with Gasteiger partial charge in [0.05, 0.1) is 18.9 Å². The molecule has 1 heterocycles. The highest BCUT2D eigenvalue weighted by Gasteiger charge is 2.16. The van der Waals surface area contributed by atoms with Crippen molar-refractivity contribution < 1.29 is 14.3 Å². The van der Waals surface area contributed by atoms with Gasteiger partial charge >= 0.3 is 5.97 Å². The number of methoxy groups -OCH3 is 1. The minimum absolute atomic E-state index is 0.237. The van der Waals surface area contributed by atoms with Crippen molar-refractivity contribution in [1.29, 1.82) is 0 Å². The second-order valence-electron chi connectivity index (χ2n) is 3.10. The summed E-state index contributed by atoms with van der Waals surface area (Å²) in [7, 11) is 3.04. The Morgan fingerprint density at radius 1 is 1.69 bits per heavy atom. The Labute approximate surface area is 106 Å². The average Bonchev–Trinajstić information content (AvgIpc) is 2.71. The molecule has 1 unspecified atom stereocenters.